The standard InChI is InChI=1S/C57H100N16O13/c1-7-8-9-10-11-15-18-45(76)64-41(23-29-62-6)53(82)73-47(35(5)75)57(86)69-39(21-27-60)49(78)68-42-24-30-63-56(85)46(34(4)74)72-52(81)40(22-28-61)66-48(77)37(19-25-58)67-54(83)43(31-33(2)3)70-55(84)44(32-36-16-13-12-14-17-36)71-50(79)38(20-26-59)65-51(42)80/h12-14,16-17,33-35,37-44,46-47,62,74-75H,7-11,15,18-32,58-61H2,1-6H3,(H,63,85)(H,64,76)(H,65,80)(H,66,77)(H,67,83)(H,68,78)(H,69,86)(H,70,84)(H,71,79)(H,72,81)(H,73,82)/t34-,35-,37+,38+,39+,40+,41+,42+,43+,44-,46+,47+/m1/s1. The van der Waals surface area contributed by atoms with Crippen molar-refractivity contribution in [1.29, 1.82) is 0 Å². The minimum absolute atomic E-state index is 0.0476. The van der Waals surface area contributed by atoms with Crippen molar-refractivity contribution in [3.05, 3.63) is 35.9 Å². The van der Waals surface area contributed by atoms with Crippen LogP contribution in [0.25, 0.3) is 0 Å². The van der Waals surface area contributed by atoms with Gasteiger partial charge in [0.1, 0.15) is 60.4 Å². The van der Waals surface area contributed by atoms with Gasteiger partial charge in [0.05, 0.1) is 12.2 Å². The van der Waals surface area contributed by atoms with Gasteiger partial charge in [0.2, 0.25) is 65.0 Å². The second-order valence-corrected chi connectivity index (χ2v) is 22.1. The van der Waals surface area contributed by atoms with Gasteiger partial charge in [-0.25, -0.2) is 0 Å². The number of nitrogens with one attached hydrogen (secondary N) is 12. The van der Waals surface area contributed by atoms with Gasteiger partial charge in [0.25, 0.3) is 0 Å². The summed E-state index contributed by atoms with van der Waals surface area (Å²) < 4.78 is 0. The zero-order valence-electron chi connectivity index (χ0n) is 50.9. The second-order valence-electron chi connectivity index (χ2n) is 22.1. The zero-order chi connectivity index (χ0) is 64.3. The first-order valence-electron chi connectivity index (χ1n) is 30.1. The van der Waals surface area contributed by atoms with Crippen molar-refractivity contribution >= 4 is 65.0 Å². The maximum atomic E-state index is 14.6. The Morgan fingerprint density at radius 1 is 0.581 bits per heavy atom. The van der Waals surface area contributed by atoms with Gasteiger partial charge in [-0.05, 0) is 116 Å². The van der Waals surface area contributed by atoms with E-state index in [0.29, 0.717) is 18.5 Å². The van der Waals surface area contributed by atoms with Gasteiger partial charge >= 0.3 is 0 Å². The Bertz CT molecular complexity index is 2320. The second kappa shape index (κ2) is 41.2. The number of unbranched alkanes of at least 4 members (excludes halogenated alkanes) is 5. The van der Waals surface area contributed by atoms with Crippen molar-refractivity contribution in [2.45, 2.75) is 204 Å². The molecule has 0 bridgehead atoms. The lowest BCUT2D eigenvalue weighted by Gasteiger charge is -2.29. The summed E-state index contributed by atoms with van der Waals surface area (Å²) in [5.41, 5.74) is 24.2. The molecule has 0 spiro atoms. The molecule has 486 valence electrons. The van der Waals surface area contributed by atoms with E-state index in [1.54, 1.807) is 51.2 Å². The van der Waals surface area contributed by atoms with Crippen LogP contribution in [0.5, 0.6) is 0 Å². The molecule has 1 aliphatic heterocycles. The van der Waals surface area contributed by atoms with Crippen molar-refractivity contribution in [2.24, 2.45) is 28.9 Å². The molecule has 1 aromatic carbocycles. The molecule has 1 aromatic rings. The van der Waals surface area contributed by atoms with Crippen LogP contribution in [0.15, 0.2) is 30.3 Å². The molecule has 2 rings (SSSR count). The molecular weight excluding hydrogens is 1120 g/mol. The van der Waals surface area contributed by atoms with E-state index in [2.05, 4.69) is 70.7 Å². The summed E-state index contributed by atoms with van der Waals surface area (Å²) in [6.07, 6.45) is 1.48. The van der Waals surface area contributed by atoms with Crippen LogP contribution in [0.3, 0.4) is 0 Å². The number of nitrogens with two attached hydrogens (primary N) is 4. The van der Waals surface area contributed by atoms with Gasteiger partial charge in [0, 0.05) is 19.4 Å². The monoisotopic (exact) mass is 1220 g/mol. The molecule has 0 radical (unpaired) electrons. The van der Waals surface area contributed by atoms with Crippen LogP contribution >= 0.6 is 0 Å². The summed E-state index contributed by atoms with van der Waals surface area (Å²) in [4.78, 5) is 154. The number of hydrogen-bond acceptors (Lipinski definition) is 18. The van der Waals surface area contributed by atoms with Crippen LogP contribution in [0.1, 0.15) is 130 Å². The van der Waals surface area contributed by atoms with E-state index in [-0.39, 0.29) is 89.4 Å². The van der Waals surface area contributed by atoms with Crippen molar-refractivity contribution in [3.63, 3.8) is 0 Å². The Labute approximate surface area is 504 Å². The van der Waals surface area contributed by atoms with Crippen LogP contribution in [0, 0.1) is 5.92 Å². The van der Waals surface area contributed by atoms with Crippen LogP contribution < -0.4 is 86.7 Å². The van der Waals surface area contributed by atoms with E-state index < -0.39 is 145 Å². The summed E-state index contributed by atoms with van der Waals surface area (Å²) in [7, 11) is 1.65. The van der Waals surface area contributed by atoms with Gasteiger partial charge in [-0.15, -0.1) is 0 Å². The highest BCUT2D eigenvalue weighted by molar-refractivity contribution is 5.99. The molecule has 1 saturated heterocycles. The average Bonchev–Trinajstić information content (AvgIpc) is 3.59. The Balaban J connectivity index is 2.67. The maximum Gasteiger partial charge on any atom is 0.245 e. The molecule has 29 nitrogen and oxygen atoms in total. The fraction of sp³-hybridized carbons (Fsp3) is 0.702. The summed E-state index contributed by atoms with van der Waals surface area (Å²) in [6, 6.07) is -6.09. The Kier molecular flexibility index (Phi) is 36.1. The zero-order valence-corrected chi connectivity index (χ0v) is 50.9. The highest BCUT2D eigenvalue weighted by atomic mass is 16.3. The number of carbonyl (C=O) groups is 11. The number of aliphatic hydroxyl groups is 2. The molecule has 1 aliphatic rings. The van der Waals surface area contributed by atoms with Gasteiger partial charge in [-0.2, -0.15) is 0 Å². The Hall–Kier alpha value is -6.89. The Morgan fingerprint density at radius 2 is 1.09 bits per heavy atom. The quantitative estimate of drug-likeness (QED) is 0.0310. The fourth-order valence-electron chi connectivity index (χ4n) is 9.33. The highest BCUT2D eigenvalue weighted by Crippen LogP contribution is 2.12. The third-order valence-corrected chi connectivity index (χ3v) is 14.2. The van der Waals surface area contributed by atoms with Crippen LogP contribution in [-0.2, 0) is 59.2 Å². The number of hydrogen-bond donors (Lipinski definition) is 18. The lowest BCUT2D eigenvalue weighted by atomic mass is 10.00. The van der Waals surface area contributed by atoms with E-state index in [1.165, 1.54) is 13.8 Å². The molecule has 86 heavy (non-hydrogen) atoms. The number of amides is 11. The predicted molar refractivity (Wildman–Crippen MR) is 321 cm³/mol. The molecule has 1 fully saturated rings. The van der Waals surface area contributed by atoms with Gasteiger partial charge < -0.3 is 96.9 Å². The molecule has 1 heterocycles. The largest absolute Gasteiger partial charge is 0.391 e. The molecule has 0 aromatic heterocycles. The first kappa shape index (κ1) is 75.2. The lowest BCUT2D eigenvalue weighted by molar-refractivity contribution is -0.137. The summed E-state index contributed by atoms with van der Waals surface area (Å²) in [5, 5.41) is 52.9. The van der Waals surface area contributed by atoms with Gasteiger partial charge in [-0.3, -0.25) is 52.7 Å². The SMILES string of the molecule is CCCCCCCCC(=O)N[C@@H](CCNC)C(=O)N[C@H](C(=O)N[C@@H](CCN)C(=O)N[C@H]1CCNC(=O)[C@H]([C@@H](C)O)NC(=O)[C@H](CCN)NC(=O)[C@H](CCN)NC(=O)[C@H](CC(C)C)NC(=O)[C@@H](Cc2ccccc2)NC(=O)[C@H](CCN)NC1=O)[C@@H](C)O. The fourth-order valence-corrected chi connectivity index (χ4v) is 9.33. The predicted octanol–water partition coefficient (Wildman–Crippen LogP) is -4.84. The first-order chi connectivity index (χ1) is 40.9. The molecule has 22 N–H and O–H groups in total. The van der Waals surface area contributed by atoms with E-state index in [4.69, 9.17) is 22.9 Å². The van der Waals surface area contributed by atoms with Crippen LogP contribution in [0.4, 0.5) is 0 Å². The minimum Gasteiger partial charge on any atom is -0.391 e. The Morgan fingerprint density at radius 3 is 1.63 bits per heavy atom. The molecule has 12 atom stereocenters. The van der Waals surface area contributed by atoms with Crippen LogP contribution in [0.2, 0.25) is 0 Å². The number of benzene rings is 1. The molecule has 0 aliphatic carbocycles. The molecular formula is C57H100N16O13. The smallest absolute Gasteiger partial charge is 0.245 e. The topological polar surface area (TPSA) is 477 Å². The van der Waals surface area contributed by atoms with E-state index in [9.17, 15) is 63.0 Å². The van der Waals surface area contributed by atoms with Crippen molar-refractivity contribution in [2.75, 3.05) is 46.3 Å². The summed E-state index contributed by atoms with van der Waals surface area (Å²) in [6.45, 7) is 7.29. The van der Waals surface area contributed by atoms with Crippen molar-refractivity contribution < 1.29 is 63.0 Å². The number of aliphatic hydroxyl groups excluding tert-OH is 2. The van der Waals surface area contributed by atoms with Crippen molar-refractivity contribution in [3.8, 4) is 0 Å². The third-order valence-electron chi connectivity index (χ3n) is 14.2. The van der Waals surface area contributed by atoms with Gasteiger partial charge in [-0.1, -0.05) is 83.2 Å². The van der Waals surface area contributed by atoms with Gasteiger partial charge in [0.15, 0.2) is 0 Å². The third kappa shape index (κ3) is 27.6. The first-order valence-corrected chi connectivity index (χ1v) is 30.1. The average molecular weight is 1220 g/mol. The molecule has 0 unspecified atom stereocenters. The minimum atomic E-state index is -1.68. The van der Waals surface area contributed by atoms with E-state index >= 15 is 0 Å². The number of rotatable bonds is 31. The van der Waals surface area contributed by atoms with E-state index in [0.717, 1.165) is 32.1 Å². The number of carbonyl (C=O) groups excluding carboxylic acids is 11. The highest BCUT2D eigenvalue weighted by Gasteiger charge is 2.37. The summed E-state index contributed by atoms with van der Waals surface area (Å²) >= 11 is 0. The molecule has 11 amide bonds. The molecule has 29 heteroatoms. The van der Waals surface area contributed by atoms with E-state index in [1.807, 2.05) is 0 Å². The van der Waals surface area contributed by atoms with Crippen LogP contribution in [-0.4, -0.2) is 194 Å². The maximum absolute atomic E-state index is 14.6. The molecule has 0 saturated carbocycles. The lowest BCUT2D eigenvalue weighted by Crippen LogP contribution is -2.62. The van der Waals surface area contributed by atoms with Crippen molar-refractivity contribution in [1.82, 2.24) is 63.8 Å². The summed E-state index contributed by atoms with van der Waals surface area (Å²) in [5.74, 6) is -9.79. The normalized spacial score (nSPS) is 22.4.